The summed E-state index contributed by atoms with van der Waals surface area (Å²) < 4.78 is 0. The van der Waals surface area contributed by atoms with Crippen molar-refractivity contribution < 1.29 is 20.1 Å². The lowest BCUT2D eigenvalue weighted by atomic mass is 10.4. The van der Waals surface area contributed by atoms with Crippen LogP contribution in [0.4, 0.5) is 0 Å². The Morgan fingerprint density at radius 3 is 1.92 bits per heavy atom. The van der Waals surface area contributed by atoms with Crippen LogP contribution in [0.25, 0.3) is 0 Å². The van der Waals surface area contributed by atoms with Gasteiger partial charge in [-0.15, -0.1) is 0 Å². The molecule has 0 bridgehead atoms. The van der Waals surface area contributed by atoms with E-state index in [1.165, 1.54) is 0 Å². The number of aliphatic carboxylic acids is 1. The van der Waals surface area contributed by atoms with E-state index in [0.29, 0.717) is 6.54 Å². The van der Waals surface area contributed by atoms with Crippen LogP contribution in [0.5, 0.6) is 0 Å². The summed E-state index contributed by atoms with van der Waals surface area (Å²) in [7, 11) is 3.69. The largest absolute Gasteiger partial charge is 0.481 e. The van der Waals surface area contributed by atoms with Crippen molar-refractivity contribution in [2.45, 2.75) is 13.0 Å². The molecule has 0 saturated heterocycles. The highest BCUT2D eigenvalue weighted by atomic mass is 16.4. The Morgan fingerprint density at radius 2 is 1.83 bits per heavy atom. The second-order valence-electron chi connectivity index (χ2n) is 2.62. The van der Waals surface area contributed by atoms with E-state index < -0.39 is 12.1 Å². The molecule has 0 spiro atoms. The highest BCUT2D eigenvalue weighted by Crippen LogP contribution is 1.81. The summed E-state index contributed by atoms with van der Waals surface area (Å²) in [6.07, 6.45) is -0.593. The second kappa shape index (κ2) is 8.45. The molecular weight excluding hydrogens is 162 g/mol. The molecule has 0 aliphatic rings. The van der Waals surface area contributed by atoms with Crippen molar-refractivity contribution in [3.8, 4) is 0 Å². The van der Waals surface area contributed by atoms with Crippen molar-refractivity contribution in [3.63, 3.8) is 0 Å². The summed E-state index contributed by atoms with van der Waals surface area (Å²) in [6, 6.07) is 0. The van der Waals surface area contributed by atoms with Gasteiger partial charge in [0.05, 0.1) is 12.7 Å². The fourth-order valence-electron chi connectivity index (χ4n) is 0.479. The minimum absolute atomic E-state index is 0.155. The van der Waals surface area contributed by atoms with Gasteiger partial charge in [0, 0.05) is 13.5 Å². The lowest BCUT2D eigenvalue weighted by Crippen LogP contribution is -2.28. The summed E-state index contributed by atoms with van der Waals surface area (Å²) in [6.45, 7) is 1.45. The highest BCUT2D eigenvalue weighted by Gasteiger charge is 2.00. The Bertz CT molecular complexity index is 112. The maximum absolute atomic E-state index is 9.00. The molecule has 12 heavy (non-hydrogen) atoms. The molecule has 0 aromatic carbocycles. The van der Waals surface area contributed by atoms with E-state index in [4.69, 9.17) is 20.1 Å². The Balaban J connectivity index is 0. The van der Waals surface area contributed by atoms with Crippen LogP contribution < -0.4 is 0 Å². The number of carboxylic acids is 1. The molecule has 1 atom stereocenters. The predicted molar refractivity (Wildman–Crippen MR) is 45.0 cm³/mol. The summed E-state index contributed by atoms with van der Waals surface area (Å²) in [4.78, 5) is 10.8. The second-order valence-corrected chi connectivity index (χ2v) is 2.62. The molecule has 5 heteroatoms. The Labute approximate surface area is 72.2 Å². The van der Waals surface area contributed by atoms with Gasteiger partial charge in [0.1, 0.15) is 0 Å². The molecule has 0 aliphatic heterocycles. The maximum atomic E-state index is 9.00. The zero-order valence-electron chi connectivity index (χ0n) is 7.69. The van der Waals surface area contributed by atoms with Gasteiger partial charge in [-0.25, -0.2) is 0 Å². The summed E-state index contributed by atoms with van der Waals surface area (Å²) >= 11 is 0. The first-order valence-corrected chi connectivity index (χ1v) is 3.53. The number of hydrogen-bond donors (Lipinski definition) is 3. The molecule has 0 aliphatic carbocycles. The minimum Gasteiger partial charge on any atom is -0.481 e. The number of carbonyl (C=O) groups is 1. The number of carboxylic acid groups (broad SMARTS) is 1. The third kappa shape index (κ3) is 22.8. The summed E-state index contributed by atoms with van der Waals surface area (Å²) in [5, 5.41) is 24.5. The third-order valence-electron chi connectivity index (χ3n) is 0.787. The molecule has 1 unspecified atom stereocenters. The van der Waals surface area contributed by atoms with Gasteiger partial charge < -0.3 is 20.2 Å². The molecule has 0 rings (SSSR count). The summed E-state index contributed by atoms with van der Waals surface area (Å²) in [5.74, 6) is -0.833. The first kappa shape index (κ1) is 13.9. The van der Waals surface area contributed by atoms with Crippen LogP contribution in [-0.2, 0) is 4.79 Å². The number of likely N-dealkylation sites (N-methyl/N-ethyl adjacent to an activating group) is 1. The molecule has 0 radical (unpaired) electrons. The fourth-order valence-corrected chi connectivity index (χ4v) is 0.479. The van der Waals surface area contributed by atoms with E-state index in [0.717, 1.165) is 6.92 Å². The Morgan fingerprint density at radius 1 is 1.50 bits per heavy atom. The van der Waals surface area contributed by atoms with E-state index in [-0.39, 0.29) is 6.61 Å². The van der Waals surface area contributed by atoms with Crippen LogP contribution in [0.3, 0.4) is 0 Å². The Kier molecular flexibility index (Phi) is 9.79. The first-order valence-electron chi connectivity index (χ1n) is 3.53. The van der Waals surface area contributed by atoms with Gasteiger partial charge in [0.25, 0.3) is 5.97 Å². The smallest absolute Gasteiger partial charge is 0.300 e. The highest BCUT2D eigenvalue weighted by molar-refractivity contribution is 5.62. The van der Waals surface area contributed by atoms with Gasteiger partial charge in [0.15, 0.2) is 0 Å². The van der Waals surface area contributed by atoms with Crippen LogP contribution in [0.15, 0.2) is 0 Å². The zero-order valence-corrected chi connectivity index (χ0v) is 7.69. The van der Waals surface area contributed by atoms with E-state index in [1.54, 1.807) is 0 Å². The first-order chi connectivity index (χ1) is 5.40. The molecule has 0 aromatic heterocycles. The monoisotopic (exact) mass is 179 g/mol. The van der Waals surface area contributed by atoms with E-state index >= 15 is 0 Å². The van der Waals surface area contributed by atoms with E-state index in [9.17, 15) is 0 Å². The van der Waals surface area contributed by atoms with Gasteiger partial charge in [-0.05, 0) is 14.1 Å². The average molecular weight is 179 g/mol. The molecule has 74 valence electrons. The van der Waals surface area contributed by atoms with Gasteiger partial charge >= 0.3 is 0 Å². The van der Waals surface area contributed by atoms with Gasteiger partial charge in [-0.2, -0.15) is 0 Å². The van der Waals surface area contributed by atoms with Crippen LogP contribution in [0, 0.1) is 0 Å². The van der Waals surface area contributed by atoms with Crippen LogP contribution in [0.2, 0.25) is 0 Å². The van der Waals surface area contributed by atoms with Crippen molar-refractivity contribution in [3.05, 3.63) is 0 Å². The van der Waals surface area contributed by atoms with Crippen LogP contribution >= 0.6 is 0 Å². The molecule has 0 aromatic rings. The summed E-state index contributed by atoms with van der Waals surface area (Å²) in [5.41, 5.74) is 0. The normalized spacial score (nSPS) is 11.8. The maximum Gasteiger partial charge on any atom is 0.300 e. The molecule has 0 heterocycles. The van der Waals surface area contributed by atoms with Crippen LogP contribution in [-0.4, -0.2) is 59.5 Å². The van der Waals surface area contributed by atoms with Gasteiger partial charge in [-0.1, -0.05) is 0 Å². The molecular formula is C7H17NO4. The minimum atomic E-state index is -0.833. The quantitative estimate of drug-likeness (QED) is 0.517. The van der Waals surface area contributed by atoms with Crippen molar-refractivity contribution >= 4 is 5.97 Å². The molecule has 0 saturated carbocycles. The lowest BCUT2D eigenvalue weighted by Gasteiger charge is -2.12. The molecule has 3 N–H and O–H groups in total. The number of aliphatic hydroxyl groups excluding tert-OH is 2. The molecule has 0 amide bonds. The van der Waals surface area contributed by atoms with Gasteiger partial charge in [-0.3, -0.25) is 4.79 Å². The topological polar surface area (TPSA) is 81.0 Å². The number of nitrogens with zero attached hydrogens (tertiary/aromatic N) is 1. The van der Waals surface area contributed by atoms with Crippen molar-refractivity contribution in [2.75, 3.05) is 27.2 Å². The SMILES string of the molecule is CC(=O)O.CN(C)CC(O)CO. The standard InChI is InChI=1S/C5H13NO2.C2H4O2/c1-6(2)3-5(8)4-7;1-2(3)4/h5,7-8H,3-4H2,1-2H3;1H3,(H,3,4). The zero-order chi connectivity index (χ0) is 10.1. The fraction of sp³-hybridized carbons (Fsp3) is 0.857. The van der Waals surface area contributed by atoms with Crippen molar-refractivity contribution in [1.82, 2.24) is 4.90 Å². The molecule has 0 fully saturated rings. The van der Waals surface area contributed by atoms with E-state index in [2.05, 4.69) is 0 Å². The third-order valence-corrected chi connectivity index (χ3v) is 0.787. The number of rotatable bonds is 3. The Hall–Kier alpha value is -0.650. The number of hydrogen-bond acceptors (Lipinski definition) is 4. The average Bonchev–Trinajstić information content (AvgIpc) is 1.84. The van der Waals surface area contributed by atoms with Crippen molar-refractivity contribution in [1.29, 1.82) is 0 Å². The van der Waals surface area contributed by atoms with Crippen LogP contribution in [0.1, 0.15) is 6.92 Å². The number of aliphatic hydroxyl groups is 2. The van der Waals surface area contributed by atoms with Crippen molar-refractivity contribution in [2.24, 2.45) is 0 Å². The molecule has 5 nitrogen and oxygen atoms in total. The lowest BCUT2D eigenvalue weighted by molar-refractivity contribution is -0.134. The van der Waals surface area contributed by atoms with Gasteiger partial charge in [0.2, 0.25) is 0 Å². The van der Waals surface area contributed by atoms with E-state index in [1.807, 2.05) is 19.0 Å². The predicted octanol–water partition coefficient (Wildman–Crippen LogP) is -1.01.